The molecule has 0 unspecified atom stereocenters. The van der Waals surface area contributed by atoms with Crippen LogP contribution in [0.2, 0.25) is 0 Å². The van der Waals surface area contributed by atoms with Crippen LogP contribution in [0.15, 0.2) is 47.3 Å². The molecule has 1 N–H and O–H groups in total. The molecule has 3 rings (SSSR count). The number of hydrogen-bond acceptors (Lipinski definition) is 2. The van der Waals surface area contributed by atoms with Crippen molar-refractivity contribution in [2.75, 3.05) is 5.32 Å². The molecule has 0 aliphatic heterocycles. The maximum Gasteiger partial charge on any atom is 0.329 e. The molecule has 0 bridgehead atoms. The molecule has 0 fully saturated rings. The van der Waals surface area contributed by atoms with Crippen molar-refractivity contribution in [2.24, 2.45) is 0 Å². The van der Waals surface area contributed by atoms with E-state index in [2.05, 4.69) is 5.32 Å². The van der Waals surface area contributed by atoms with Crippen LogP contribution in [0.5, 0.6) is 0 Å². The second-order valence-electron chi connectivity index (χ2n) is 6.28. The number of carbonyl (C=O) groups is 1. The third kappa shape index (κ3) is 3.36. The zero-order chi connectivity index (χ0) is 18.0. The van der Waals surface area contributed by atoms with Crippen molar-refractivity contribution in [3.63, 3.8) is 0 Å². The number of fused-ring (bicyclic) bond motifs is 1. The van der Waals surface area contributed by atoms with Gasteiger partial charge in [-0.1, -0.05) is 29.8 Å². The van der Waals surface area contributed by atoms with Gasteiger partial charge < -0.3 is 5.32 Å². The summed E-state index contributed by atoms with van der Waals surface area (Å²) in [5.74, 6) is -0.0906. The molecule has 0 saturated heterocycles. The first-order valence-electron chi connectivity index (χ1n) is 8.56. The molecule has 5 nitrogen and oxygen atoms in total. The Bertz CT molecular complexity index is 982. The van der Waals surface area contributed by atoms with Gasteiger partial charge in [0.15, 0.2) is 0 Å². The second kappa shape index (κ2) is 6.97. The molecule has 5 heteroatoms. The van der Waals surface area contributed by atoms with Crippen LogP contribution in [-0.2, 0) is 17.9 Å². The summed E-state index contributed by atoms with van der Waals surface area (Å²) in [7, 11) is 0. The van der Waals surface area contributed by atoms with Crippen LogP contribution in [0.1, 0.15) is 24.5 Å². The molecular formula is C20H23N3O2. The quantitative estimate of drug-likeness (QED) is 0.775. The van der Waals surface area contributed by atoms with Gasteiger partial charge in [0.05, 0.1) is 11.0 Å². The monoisotopic (exact) mass is 337 g/mol. The predicted octanol–water partition coefficient (Wildman–Crippen LogP) is 3.47. The van der Waals surface area contributed by atoms with Gasteiger partial charge in [0.2, 0.25) is 5.91 Å². The Morgan fingerprint density at radius 3 is 2.36 bits per heavy atom. The van der Waals surface area contributed by atoms with Crippen molar-refractivity contribution in [1.29, 1.82) is 0 Å². The van der Waals surface area contributed by atoms with Crippen molar-refractivity contribution in [2.45, 2.75) is 40.3 Å². The van der Waals surface area contributed by atoms with Crippen molar-refractivity contribution < 1.29 is 4.79 Å². The Balaban J connectivity index is 1.78. The minimum atomic E-state index is -0.0906. The summed E-state index contributed by atoms with van der Waals surface area (Å²) in [6.07, 6.45) is 0.255. The van der Waals surface area contributed by atoms with Crippen molar-refractivity contribution >= 4 is 22.6 Å². The predicted molar refractivity (Wildman–Crippen MR) is 101 cm³/mol. The third-order valence-corrected chi connectivity index (χ3v) is 4.46. The van der Waals surface area contributed by atoms with E-state index in [1.807, 2.05) is 63.2 Å². The fourth-order valence-electron chi connectivity index (χ4n) is 3.17. The van der Waals surface area contributed by atoms with Crippen LogP contribution >= 0.6 is 0 Å². The molecule has 0 aliphatic carbocycles. The Morgan fingerprint density at radius 1 is 1.04 bits per heavy atom. The first-order chi connectivity index (χ1) is 12.0. The highest BCUT2D eigenvalue weighted by Gasteiger charge is 2.13. The number of imidazole rings is 1. The molecule has 1 heterocycles. The third-order valence-electron chi connectivity index (χ3n) is 4.46. The SMILES string of the molecule is CCn1c(=O)n(CCC(=O)Nc2ccc(C)cc2C)c2ccccc21. The van der Waals surface area contributed by atoms with E-state index in [0.29, 0.717) is 13.1 Å². The van der Waals surface area contributed by atoms with E-state index in [1.165, 1.54) is 0 Å². The van der Waals surface area contributed by atoms with Gasteiger partial charge in [0.1, 0.15) is 0 Å². The maximum atomic E-state index is 12.6. The molecule has 3 aromatic rings. The summed E-state index contributed by atoms with van der Waals surface area (Å²) in [5.41, 5.74) is 4.72. The van der Waals surface area contributed by atoms with E-state index in [0.717, 1.165) is 27.8 Å². The van der Waals surface area contributed by atoms with Crippen LogP contribution in [-0.4, -0.2) is 15.0 Å². The highest BCUT2D eigenvalue weighted by atomic mass is 16.2. The maximum absolute atomic E-state index is 12.6. The van der Waals surface area contributed by atoms with Crippen LogP contribution in [0.4, 0.5) is 5.69 Å². The van der Waals surface area contributed by atoms with E-state index in [4.69, 9.17) is 0 Å². The Kier molecular flexibility index (Phi) is 4.74. The molecule has 130 valence electrons. The average molecular weight is 337 g/mol. The van der Waals surface area contributed by atoms with E-state index in [9.17, 15) is 9.59 Å². The number of carbonyl (C=O) groups excluding carboxylic acids is 1. The van der Waals surface area contributed by atoms with Gasteiger partial charge in [-0.25, -0.2) is 4.79 Å². The van der Waals surface area contributed by atoms with Crippen molar-refractivity contribution in [3.05, 3.63) is 64.1 Å². The zero-order valence-electron chi connectivity index (χ0n) is 14.9. The van der Waals surface area contributed by atoms with E-state index < -0.39 is 0 Å². The van der Waals surface area contributed by atoms with Gasteiger partial charge >= 0.3 is 5.69 Å². The number of rotatable bonds is 5. The molecule has 0 atom stereocenters. The molecule has 2 aromatic carbocycles. The topological polar surface area (TPSA) is 56.0 Å². The zero-order valence-corrected chi connectivity index (χ0v) is 14.9. The summed E-state index contributed by atoms with van der Waals surface area (Å²) < 4.78 is 3.41. The van der Waals surface area contributed by atoms with Crippen LogP contribution in [0.3, 0.4) is 0 Å². The number of anilines is 1. The summed E-state index contributed by atoms with van der Waals surface area (Å²) >= 11 is 0. The largest absolute Gasteiger partial charge is 0.329 e. The molecular weight excluding hydrogens is 314 g/mol. The number of aryl methyl sites for hydroxylation is 4. The molecule has 0 saturated carbocycles. The normalized spacial score (nSPS) is 11.0. The fourth-order valence-corrected chi connectivity index (χ4v) is 3.17. The number of hydrogen-bond donors (Lipinski definition) is 1. The summed E-state index contributed by atoms with van der Waals surface area (Å²) in [4.78, 5) is 24.9. The number of nitrogens with one attached hydrogen (secondary N) is 1. The Morgan fingerprint density at radius 2 is 1.72 bits per heavy atom. The van der Waals surface area contributed by atoms with Crippen molar-refractivity contribution in [3.8, 4) is 0 Å². The molecule has 0 aliphatic rings. The summed E-state index contributed by atoms with van der Waals surface area (Å²) in [6, 6.07) is 13.6. The fraction of sp³-hybridized carbons (Fsp3) is 0.300. The minimum absolute atomic E-state index is 0.0667. The number of aromatic nitrogens is 2. The lowest BCUT2D eigenvalue weighted by molar-refractivity contribution is -0.116. The molecule has 1 aromatic heterocycles. The van der Waals surface area contributed by atoms with Gasteiger partial charge in [-0.3, -0.25) is 13.9 Å². The van der Waals surface area contributed by atoms with E-state index >= 15 is 0 Å². The highest BCUT2D eigenvalue weighted by Crippen LogP contribution is 2.17. The lowest BCUT2D eigenvalue weighted by atomic mass is 10.1. The van der Waals surface area contributed by atoms with Crippen molar-refractivity contribution in [1.82, 2.24) is 9.13 Å². The average Bonchev–Trinajstić information content (AvgIpc) is 2.86. The first kappa shape index (κ1) is 17.0. The van der Waals surface area contributed by atoms with Crippen LogP contribution in [0, 0.1) is 13.8 Å². The van der Waals surface area contributed by atoms with Gasteiger partial charge in [-0.05, 0) is 44.5 Å². The van der Waals surface area contributed by atoms with Gasteiger partial charge in [-0.15, -0.1) is 0 Å². The standard InChI is InChI=1S/C20H23N3O2/c1-4-22-17-7-5-6-8-18(17)23(20(22)25)12-11-19(24)21-16-10-9-14(2)13-15(16)3/h5-10,13H,4,11-12H2,1-3H3,(H,21,24). The smallest absolute Gasteiger partial charge is 0.326 e. The highest BCUT2D eigenvalue weighted by molar-refractivity contribution is 5.91. The number of nitrogens with zero attached hydrogens (tertiary/aromatic N) is 2. The lowest BCUT2D eigenvalue weighted by Gasteiger charge is -2.09. The van der Waals surface area contributed by atoms with Gasteiger partial charge in [0.25, 0.3) is 0 Å². The first-order valence-corrected chi connectivity index (χ1v) is 8.56. The molecule has 1 amide bonds. The number of amides is 1. The Labute approximate surface area is 146 Å². The van der Waals surface area contributed by atoms with Crippen LogP contribution < -0.4 is 11.0 Å². The van der Waals surface area contributed by atoms with Gasteiger partial charge in [0, 0.05) is 25.2 Å². The second-order valence-corrected chi connectivity index (χ2v) is 6.28. The van der Waals surface area contributed by atoms with Crippen LogP contribution in [0.25, 0.3) is 11.0 Å². The molecule has 0 radical (unpaired) electrons. The summed E-state index contributed by atoms with van der Waals surface area (Å²) in [6.45, 7) is 6.92. The lowest BCUT2D eigenvalue weighted by Crippen LogP contribution is -2.25. The summed E-state index contributed by atoms with van der Waals surface area (Å²) in [5, 5.41) is 2.93. The van der Waals surface area contributed by atoms with E-state index in [-0.39, 0.29) is 18.0 Å². The molecule has 0 spiro atoms. The minimum Gasteiger partial charge on any atom is -0.326 e. The Hall–Kier alpha value is -2.82. The molecule has 25 heavy (non-hydrogen) atoms. The number of para-hydroxylation sites is 2. The van der Waals surface area contributed by atoms with E-state index in [1.54, 1.807) is 9.13 Å². The van der Waals surface area contributed by atoms with Gasteiger partial charge in [-0.2, -0.15) is 0 Å². The number of benzene rings is 2.